The summed E-state index contributed by atoms with van der Waals surface area (Å²) in [4.78, 5) is 2.29. The maximum atomic E-state index is 9.98. The molecule has 0 spiro atoms. The highest BCUT2D eigenvalue weighted by Crippen LogP contribution is 2.27. The van der Waals surface area contributed by atoms with Crippen molar-refractivity contribution in [2.24, 2.45) is 5.92 Å². The predicted molar refractivity (Wildman–Crippen MR) is 88.4 cm³/mol. The predicted octanol–water partition coefficient (Wildman–Crippen LogP) is 2.98. The third-order valence-corrected chi connectivity index (χ3v) is 4.66. The highest BCUT2D eigenvalue weighted by atomic mass is 16.3. The van der Waals surface area contributed by atoms with Crippen LogP contribution in [0.1, 0.15) is 30.4 Å². The molecule has 118 valence electrons. The van der Waals surface area contributed by atoms with Crippen LogP contribution in [0.4, 0.5) is 0 Å². The fourth-order valence-electron chi connectivity index (χ4n) is 3.39. The number of aliphatic hydroxyl groups excluding tert-OH is 1. The molecule has 2 aromatic rings. The van der Waals surface area contributed by atoms with Crippen molar-refractivity contribution in [3.8, 4) is 11.3 Å². The number of aromatic nitrogens is 2. The van der Waals surface area contributed by atoms with Crippen molar-refractivity contribution >= 4 is 0 Å². The van der Waals surface area contributed by atoms with Crippen LogP contribution in [0.2, 0.25) is 0 Å². The highest BCUT2D eigenvalue weighted by Gasteiger charge is 2.26. The number of nitrogens with one attached hydrogen (secondary N) is 1. The van der Waals surface area contributed by atoms with Gasteiger partial charge in [-0.1, -0.05) is 36.2 Å². The van der Waals surface area contributed by atoms with Gasteiger partial charge in [0.05, 0.1) is 18.0 Å². The van der Waals surface area contributed by atoms with E-state index >= 15 is 0 Å². The third-order valence-electron chi connectivity index (χ3n) is 4.66. The van der Waals surface area contributed by atoms with Crippen molar-refractivity contribution in [1.82, 2.24) is 15.1 Å². The van der Waals surface area contributed by atoms with Crippen molar-refractivity contribution in [1.29, 1.82) is 0 Å². The molecule has 1 aromatic heterocycles. The van der Waals surface area contributed by atoms with E-state index in [-0.39, 0.29) is 6.10 Å². The number of aliphatic hydroxyl groups is 1. The third kappa shape index (κ3) is 3.39. The number of nitrogens with zero attached hydrogens (tertiary/aromatic N) is 2. The molecule has 1 heterocycles. The molecule has 1 aliphatic rings. The Morgan fingerprint density at radius 2 is 2.05 bits per heavy atom. The summed E-state index contributed by atoms with van der Waals surface area (Å²) in [5.41, 5.74) is 4.74. The van der Waals surface area contributed by atoms with Crippen LogP contribution < -0.4 is 0 Å². The van der Waals surface area contributed by atoms with E-state index in [1.165, 1.54) is 16.7 Å². The fraction of sp³-hybridized carbons (Fsp3) is 0.500. The molecule has 4 nitrogen and oxygen atoms in total. The Kier molecular flexibility index (Phi) is 4.60. The summed E-state index contributed by atoms with van der Waals surface area (Å²) in [5.74, 6) is 0.416. The second-order valence-corrected chi connectivity index (χ2v) is 6.59. The Labute approximate surface area is 132 Å². The summed E-state index contributed by atoms with van der Waals surface area (Å²) >= 11 is 0. The Hall–Kier alpha value is -1.65. The van der Waals surface area contributed by atoms with E-state index in [0.717, 1.165) is 38.0 Å². The molecule has 0 aliphatic heterocycles. The Morgan fingerprint density at radius 3 is 2.73 bits per heavy atom. The molecular formula is C18H25N3O. The molecule has 1 aliphatic carbocycles. The number of hydrogen-bond acceptors (Lipinski definition) is 3. The molecular weight excluding hydrogens is 274 g/mol. The van der Waals surface area contributed by atoms with Gasteiger partial charge < -0.3 is 10.0 Å². The minimum Gasteiger partial charge on any atom is -0.393 e. The molecule has 0 amide bonds. The van der Waals surface area contributed by atoms with Crippen LogP contribution in [0.5, 0.6) is 0 Å². The number of hydrogen-bond donors (Lipinski definition) is 2. The zero-order valence-electron chi connectivity index (χ0n) is 13.4. The van der Waals surface area contributed by atoms with E-state index in [9.17, 15) is 5.11 Å². The van der Waals surface area contributed by atoms with Gasteiger partial charge in [-0.25, -0.2) is 0 Å². The Balaban J connectivity index is 1.68. The number of H-pyrrole nitrogens is 1. The van der Waals surface area contributed by atoms with Gasteiger partial charge in [0.2, 0.25) is 0 Å². The van der Waals surface area contributed by atoms with Crippen LogP contribution in [0.3, 0.4) is 0 Å². The first-order valence-corrected chi connectivity index (χ1v) is 8.09. The lowest BCUT2D eigenvalue weighted by molar-refractivity contribution is 0.108. The van der Waals surface area contributed by atoms with Gasteiger partial charge in [-0.2, -0.15) is 5.10 Å². The molecule has 22 heavy (non-hydrogen) atoms. The zero-order chi connectivity index (χ0) is 15.5. The van der Waals surface area contributed by atoms with E-state index in [4.69, 9.17) is 0 Å². The number of aryl methyl sites for hydroxylation is 1. The summed E-state index contributed by atoms with van der Waals surface area (Å²) in [5, 5.41) is 17.3. The lowest BCUT2D eigenvalue weighted by Crippen LogP contribution is -2.29. The maximum Gasteiger partial charge on any atom is 0.0695 e. The topological polar surface area (TPSA) is 52.2 Å². The minimum atomic E-state index is -0.122. The van der Waals surface area contributed by atoms with Crippen molar-refractivity contribution in [2.45, 2.75) is 38.8 Å². The smallest absolute Gasteiger partial charge is 0.0695 e. The molecule has 0 bridgehead atoms. The maximum absolute atomic E-state index is 9.98. The summed E-state index contributed by atoms with van der Waals surface area (Å²) < 4.78 is 0. The number of benzene rings is 1. The Bertz CT molecular complexity index is 605. The van der Waals surface area contributed by atoms with Gasteiger partial charge in [-0.15, -0.1) is 0 Å². The molecule has 2 N–H and O–H groups in total. The second-order valence-electron chi connectivity index (χ2n) is 6.59. The van der Waals surface area contributed by atoms with Crippen molar-refractivity contribution in [3.05, 3.63) is 41.6 Å². The van der Waals surface area contributed by atoms with E-state index in [1.807, 2.05) is 6.20 Å². The minimum absolute atomic E-state index is 0.122. The highest BCUT2D eigenvalue weighted by molar-refractivity contribution is 5.62. The first-order chi connectivity index (χ1) is 10.6. The SMILES string of the molecule is Cc1ccc(-c2[nH]ncc2CN(C)CC2CCCC2O)cc1. The van der Waals surface area contributed by atoms with Gasteiger partial charge in [0.15, 0.2) is 0 Å². The fourth-order valence-corrected chi connectivity index (χ4v) is 3.39. The summed E-state index contributed by atoms with van der Waals surface area (Å²) in [6, 6.07) is 8.51. The Morgan fingerprint density at radius 1 is 1.27 bits per heavy atom. The van der Waals surface area contributed by atoms with E-state index in [1.54, 1.807) is 0 Å². The van der Waals surface area contributed by atoms with Crippen molar-refractivity contribution in [3.63, 3.8) is 0 Å². The van der Waals surface area contributed by atoms with E-state index in [0.29, 0.717) is 5.92 Å². The number of rotatable bonds is 5. The molecule has 1 saturated carbocycles. The van der Waals surface area contributed by atoms with E-state index < -0.39 is 0 Å². The molecule has 2 unspecified atom stereocenters. The summed E-state index contributed by atoms with van der Waals surface area (Å²) in [6.45, 7) is 3.89. The van der Waals surface area contributed by atoms with Gasteiger partial charge >= 0.3 is 0 Å². The number of aromatic amines is 1. The molecule has 2 atom stereocenters. The van der Waals surface area contributed by atoms with Crippen LogP contribution in [0, 0.1) is 12.8 Å². The lowest BCUT2D eigenvalue weighted by atomic mass is 10.0. The molecule has 0 radical (unpaired) electrons. The largest absolute Gasteiger partial charge is 0.393 e. The quantitative estimate of drug-likeness (QED) is 0.892. The second kappa shape index (κ2) is 6.63. The lowest BCUT2D eigenvalue weighted by Gasteiger charge is -2.23. The first kappa shape index (κ1) is 15.3. The monoisotopic (exact) mass is 299 g/mol. The van der Waals surface area contributed by atoms with Crippen LogP contribution >= 0.6 is 0 Å². The van der Waals surface area contributed by atoms with Gasteiger partial charge in [0.25, 0.3) is 0 Å². The summed E-state index contributed by atoms with van der Waals surface area (Å²) in [7, 11) is 2.12. The zero-order valence-corrected chi connectivity index (χ0v) is 13.4. The summed E-state index contributed by atoms with van der Waals surface area (Å²) in [6.07, 6.45) is 5.04. The van der Waals surface area contributed by atoms with Crippen LogP contribution in [0.25, 0.3) is 11.3 Å². The van der Waals surface area contributed by atoms with Crippen molar-refractivity contribution in [2.75, 3.05) is 13.6 Å². The van der Waals surface area contributed by atoms with Gasteiger partial charge in [0, 0.05) is 18.7 Å². The van der Waals surface area contributed by atoms with Crippen LogP contribution in [-0.4, -0.2) is 39.9 Å². The average molecular weight is 299 g/mol. The van der Waals surface area contributed by atoms with Crippen LogP contribution in [-0.2, 0) is 6.54 Å². The van der Waals surface area contributed by atoms with Gasteiger partial charge in [-0.05, 0) is 38.3 Å². The van der Waals surface area contributed by atoms with E-state index in [2.05, 4.69) is 53.3 Å². The van der Waals surface area contributed by atoms with Crippen LogP contribution in [0.15, 0.2) is 30.5 Å². The van der Waals surface area contributed by atoms with Gasteiger partial charge in [0.1, 0.15) is 0 Å². The van der Waals surface area contributed by atoms with Gasteiger partial charge in [-0.3, -0.25) is 5.10 Å². The molecule has 4 heteroatoms. The normalized spacial score (nSPS) is 21.6. The molecule has 1 aromatic carbocycles. The standard InChI is InChI=1S/C18H25N3O/c1-13-6-8-14(9-7-13)18-16(10-19-20-18)12-21(2)11-15-4-3-5-17(15)22/h6-10,15,17,22H,3-5,11-12H2,1-2H3,(H,19,20). The molecule has 0 saturated heterocycles. The molecule has 1 fully saturated rings. The first-order valence-electron chi connectivity index (χ1n) is 8.09. The molecule has 3 rings (SSSR count). The van der Waals surface area contributed by atoms with Crippen molar-refractivity contribution < 1.29 is 5.11 Å². The average Bonchev–Trinajstić information content (AvgIpc) is 3.10.